The van der Waals surface area contributed by atoms with E-state index in [9.17, 15) is 24.0 Å². The summed E-state index contributed by atoms with van der Waals surface area (Å²) in [6, 6.07) is 4.10. The predicted octanol–water partition coefficient (Wildman–Crippen LogP) is 2.38. The molecule has 0 saturated carbocycles. The SMILES string of the molecule is CC(C)OCC(=O)NCCCCCCCCNc1cccc2c1C(=O)N(C1CCC(=O)NC1=O)C2=O. The molecule has 2 heterocycles. The minimum atomic E-state index is -0.968. The number of hydrogen-bond donors (Lipinski definition) is 3. The Kier molecular flexibility index (Phi) is 9.98. The lowest BCUT2D eigenvalue weighted by Gasteiger charge is -2.27. The highest BCUT2D eigenvalue weighted by Gasteiger charge is 2.45. The third-order valence-electron chi connectivity index (χ3n) is 6.26. The first-order valence-electron chi connectivity index (χ1n) is 12.8. The number of ether oxygens (including phenoxy) is 1. The predicted molar refractivity (Wildman–Crippen MR) is 133 cm³/mol. The van der Waals surface area contributed by atoms with Crippen molar-refractivity contribution in [3.8, 4) is 0 Å². The first-order chi connectivity index (χ1) is 17.3. The maximum Gasteiger partial charge on any atom is 0.264 e. The number of rotatable bonds is 14. The van der Waals surface area contributed by atoms with Gasteiger partial charge in [0.2, 0.25) is 17.7 Å². The molecule has 0 aromatic heterocycles. The van der Waals surface area contributed by atoms with Gasteiger partial charge in [0.15, 0.2) is 0 Å². The minimum Gasteiger partial charge on any atom is -0.384 e. The number of imide groups is 2. The molecule has 2 aliphatic rings. The molecule has 196 valence electrons. The highest BCUT2D eigenvalue weighted by atomic mass is 16.5. The highest BCUT2D eigenvalue weighted by molar-refractivity contribution is 6.25. The van der Waals surface area contributed by atoms with Crippen LogP contribution in [0.1, 0.15) is 85.9 Å². The van der Waals surface area contributed by atoms with Crippen molar-refractivity contribution in [3.63, 3.8) is 0 Å². The van der Waals surface area contributed by atoms with Crippen LogP contribution in [-0.4, -0.2) is 66.3 Å². The van der Waals surface area contributed by atoms with E-state index in [1.807, 2.05) is 13.8 Å². The monoisotopic (exact) mass is 500 g/mol. The number of amides is 5. The number of unbranched alkanes of at least 4 members (excludes halogenated alkanes) is 5. The molecule has 1 fully saturated rings. The summed E-state index contributed by atoms with van der Waals surface area (Å²) in [5, 5.41) is 8.33. The summed E-state index contributed by atoms with van der Waals surface area (Å²) in [5.41, 5.74) is 1.14. The Morgan fingerprint density at radius 3 is 2.42 bits per heavy atom. The number of carbonyl (C=O) groups excluding carboxylic acids is 5. The quantitative estimate of drug-likeness (QED) is 0.264. The molecule has 0 bridgehead atoms. The maximum absolute atomic E-state index is 13.1. The van der Waals surface area contributed by atoms with Gasteiger partial charge in [-0.25, -0.2) is 0 Å². The summed E-state index contributed by atoms with van der Waals surface area (Å²) < 4.78 is 5.26. The Morgan fingerprint density at radius 1 is 1.03 bits per heavy atom. The van der Waals surface area contributed by atoms with Crippen LogP contribution in [0.3, 0.4) is 0 Å². The lowest BCUT2D eigenvalue weighted by molar-refractivity contribution is -0.136. The zero-order chi connectivity index (χ0) is 26.1. The summed E-state index contributed by atoms with van der Waals surface area (Å²) in [4.78, 5) is 62.2. The van der Waals surface area contributed by atoms with E-state index < -0.39 is 29.7 Å². The van der Waals surface area contributed by atoms with E-state index in [0.717, 1.165) is 43.4 Å². The molecule has 10 heteroatoms. The van der Waals surface area contributed by atoms with Crippen LogP contribution in [-0.2, 0) is 19.1 Å². The van der Waals surface area contributed by atoms with Gasteiger partial charge in [-0.2, -0.15) is 0 Å². The number of piperidine rings is 1. The number of nitrogens with zero attached hydrogens (tertiary/aromatic N) is 1. The fraction of sp³-hybridized carbons (Fsp3) is 0.577. The van der Waals surface area contributed by atoms with Gasteiger partial charge in [-0.15, -0.1) is 0 Å². The number of fused-ring (bicyclic) bond motifs is 1. The summed E-state index contributed by atoms with van der Waals surface area (Å²) in [6.07, 6.45) is 6.32. The van der Waals surface area contributed by atoms with Gasteiger partial charge in [0, 0.05) is 25.2 Å². The van der Waals surface area contributed by atoms with Crippen LogP contribution in [0, 0.1) is 0 Å². The van der Waals surface area contributed by atoms with Gasteiger partial charge in [-0.3, -0.25) is 34.2 Å². The van der Waals surface area contributed by atoms with Crippen molar-refractivity contribution >= 4 is 35.2 Å². The van der Waals surface area contributed by atoms with Crippen LogP contribution < -0.4 is 16.0 Å². The minimum absolute atomic E-state index is 0.0450. The van der Waals surface area contributed by atoms with E-state index >= 15 is 0 Å². The molecule has 0 spiro atoms. The molecule has 1 atom stereocenters. The highest BCUT2D eigenvalue weighted by Crippen LogP contribution is 2.32. The number of carbonyl (C=O) groups is 5. The van der Waals surface area contributed by atoms with Crippen molar-refractivity contribution in [1.82, 2.24) is 15.5 Å². The van der Waals surface area contributed by atoms with E-state index in [0.29, 0.717) is 18.8 Å². The van der Waals surface area contributed by atoms with Crippen LogP contribution >= 0.6 is 0 Å². The molecular weight excluding hydrogens is 464 g/mol. The standard InChI is InChI=1S/C26H36N4O6/c1-17(2)36-16-22(32)28-15-8-6-4-3-5-7-14-27-19-11-9-10-18-23(19)26(35)30(25(18)34)20-12-13-21(31)29-24(20)33/h9-11,17,20,27H,3-8,12-16H2,1-2H3,(H,28,32)(H,29,31,33). The average Bonchev–Trinajstić information content (AvgIpc) is 3.09. The largest absolute Gasteiger partial charge is 0.384 e. The smallest absolute Gasteiger partial charge is 0.264 e. The summed E-state index contributed by atoms with van der Waals surface area (Å²) in [6.45, 7) is 5.20. The van der Waals surface area contributed by atoms with Gasteiger partial charge in [-0.05, 0) is 45.2 Å². The third-order valence-corrected chi connectivity index (χ3v) is 6.26. The molecule has 3 rings (SSSR count). The molecule has 0 aliphatic carbocycles. The molecule has 0 radical (unpaired) electrons. The lowest BCUT2D eigenvalue weighted by atomic mass is 10.0. The fourth-order valence-electron chi connectivity index (χ4n) is 4.36. The van der Waals surface area contributed by atoms with Crippen LogP contribution in [0.25, 0.3) is 0 Å². The molecule has 1 unspecified atom stereocenters. The summed E-state index contributed by atoms with van der Waals surface area (Å²) >= 11 is 0. The Bertz CT molecular complexity index is 993. The van der Waals surface area contributed by atoms with Gasteiger partial charge in [-0.1, -0.05) is 31.7 Å². The van der Waals surface area contributed by atoms with Gasteiger partial charge in [0.1, 0.15) is 12.6 Å². The van der Waals surface area contributed by atoms with Gasteiger partial charge in [0.25, 0.3) is 11.8 Å². The second kappa shape index (κ2) is 13.2. The van der Waals surface area contributed by atoms with Gasteiger partial charge < -0.3 is 15.4 Å². The third kappa shape index (κ3) is 7.13. The average molecular weight is 501 g/mol. The summed E-state index contributed by atoms with van der Waals surface area (Å²) in [7, 11) is 0. The zero-order valence-electron chi connectivity index (χ0n) is 21.1. The zero-order valence-corrected chi connectivity index (χ0v) is 21.1. The van der Waals surface area contributed by atoms with Crippen LogP contribution in [0.2, 0.25) is 0 Å². The van der Waals surface area contributed by atoms with Crippen molar-refractivity contribution < 1.29 is 28.7 Å². The van der Waals surface area contributed by atoms with E-state index in [1.54, 1.807) is 18.2 Å². The van der Waals surface area contributed by atoms with E-state index in [1.165, 1.54) is 0 Å². The number of nitrogens with one attached hydrogen (secondary N) is 3. The molecule has 1 saturated heterocycles. The molecule has 3 N–H and O–H groups in total. The molecular formula is C26H36N4O6. The van der Waals surface area contributed by atoms with E-state index in [-0.39, 0.29) is 42.6 Å². The van der Waals surface area contributed by atoms with Crippen molar-refractivity contribution in [3.05, 3.63) is 29.3 Å². The van der Waals surface area contributed by atoms with Crippen LogP contribution in [0.4, 0.5) is 5.69 Å². The number of hydrogen-bond acceptors (Lipinski definition) is 7. The van der Waals surface area contributed by atoms with Crippen molar-refractivity contribution in [2.45, 2.75) is 77.4 Å². The van der Waals surface area contributed by atoms with E-state index in [4.69, 9.17) is 4.74 Å². The molecule has 1 aromatic rings. The Balaban J connectivity index is 1.36. The topological polar surface area (TPSA) is 134 Å². The second-order valence-corrected chi connectivity index (χ2v) is 9.43. The van der Waals surface area contributed by atoms with Gasteiger partial charge in [0.05, 0.1) is 17.2 Å². The number of benzene rings is 1. The maximum atomic E-state index is 13.1. The fourth-order valence-corrected chi connectivity index (χ4v) is 4.36. The number of anilines is 1. The molecule has 1 aromatic carbocycles. The summed E-state index contributed by atoms with van der Waals surface area (Å²) in [5.74, 6) is -2.10. The van der Waals surface area contributed by atoms with Crippen LogP contribution in [0.15, 0.2) is 18.2 Å². The van der Waals surface area contributed by atoms with Crippen molar-refractivity contribution in [1.29, 1.82) is 0 Å². The second-order valence-electron chi connectivity index (χ2n) is 9.43. The normalized spacial score (nSPS) is 17.4. The Morgan fingerprint density at radius 2 is 1.72 bits per heavy atom. The molecule has 2 aliphatic heterocycles. The van der Waals surface area contributed by atoms with Crippen molar-refractivity contribution in [2.75, 3.05) is 25.0 Å². The Hall–Kier alpha value is -3.27. The van der Waals surface area contributed by atoms with E-state index in [2.05, 4.69) is 16.0 Å². The Labute approximate surface area is 211 Å². The first-order valence-corrected chi connectivity index (χ1v) is 12.8. The molecule has 36 heavy (non-hydrogen) atoms. The van der Waals surface area contributed by atoms with Crippen molar-refractivity contribution in [2.24, 2.45) is 0 Å². The first kappa shape index (κ1) is 27.3. The molecule has 10 nitrogen and oxygen atoms in total. The van der Waals surface area contributed by atoms with Crippen LogP contribution in [0.5, 0.6) is 0 Å². The molecule has 5 amide bonds. The lowest BCUT2D eigenvalue weighted by Crippen LogP contribution is -2.54. The van der Waals surface area contributed by atoms with Gasteiger partial charge >= 0.3 is 0 Å².